The van der Waals surface area contributed by atoms with Gasteiger partial charge in [0.15, 0.2) is 15.0 Å². The standard InChI is InChI=1S/C22H26N4O3S2/c1-15(18-8-7-17-5-3-4-6-19(17)12-18)23-21(27)13-30-22-25-24-20(26(22)2)11-16-9-10-31(28,29)14-16/h3-8,12,15-16H,9-11,13-14H2,1-2H3,(H,23,27)/t15-,16-/m0/s1. The number of rotatable bonds is 7. The first kappa shape index (κ1) is 21.8. The van der Waals surface area contributed by atoms with E-state index >= 15 is 0 Å². The van der Waals surface area contributed by atoms with Crippen molar-refractivity contribution in [2.75, 3.05) is 17.3 Å². The molecule has 9 heteroatoms. The molecule has 2 aromatic carbocycles. The number of carbonyl (C=O) groups excluding carboxylic acids is 1. The monoisotopic (exact) mass is 458 g/mol. The van der Waals surface area contributed by atoms with Crippen LogP contribution < -0.4 is 5.32 Å². The van der Waals surface area contributed by atoms with E-state index in [-0.39, 0.29) is 35.1 Å². The fourth-order valence-electron chi connectivity index (χ4n) is 3.91. The number of benzene rings is 2. The van der Waals surface area contributed by atoms with Crippen molar-refractivity contribution in [3.63, 3.8) is 0 Å². The van der Waals surface area contributed by atoms with Crippen LogP contribution in [0.3, 0.4) is 0 Å². The smallest absolute Gasteiger partial charge is 0.230 e. The summed E-state index contributed by atoms with van der Waals surface area (Å²) >= 11 is 1.33. The molecule has 7 nitrogen and oxygen atoms in total. The Kier molecular flexibility index (Phi) is 6.34. The number of hydrogen-bond donors (Lipinski definition) is 1. The minimum absolute atomic E-state index is 0.0721. The highest BCUT2D eigenvalue weighted by molar-refractivity contribution is 7.99. The Labute approximate surface area is 186 Å². The molecule has 1 N–H and O–H groups in total. The van der Waals surface area contributed by atoms with Crippen LogP contribution in [-0.2, 0) is 28.1 Å². The number of aromatic nitrogens is 3. The normalized spacial score (nSPS) is 18.8. The second kappa shape index (κ2) is 9.00. The maximum Gasteiger partial charge on any atom is 0.230 e. The lowest BCUT2D eigenvalue weighted by atomic mass is 10.0. The Balaban J connectivity index is 1.31. The van der Waals surface area contributed by atoms with E-state index in [2.05, 4.69) is 39.8 Å². The van der Waals surface area contributed by atoms with Crippen molar-refractivity contribution in [1.29, 1.82) is 0 Å². The Morgan fingerprint density at radius 2 is 2.00 bits per heavy atom. The molecule has 2 atom stereocenters. The molecular weight excluding hydrogens is 432 g/mol. The second-order valence-electron chi connectivity index (χ2n) is 8.12. The van der Waals surface area contributed by atoms with Gasteiger partial charge in [-0.05, 0) is 41.7 Å². The molecule has 1 aromatic heterocycles. The predicted molar refractivity (Wildman–Crippen MR) is 123 cm³/mol. The van der Waals surface area contributed by atoms with Crippen LogP contribution in [0.5, 0.6) is 0 Å². The summed E-state index contributed by atoms with van der Waals surface area (Å²) in [6.45, 7) is 1.97. The SMILES string of the molecule is C[C@H](NC(=O)CSc1nnc(C[C@@H]2CCS(=O)(=O)C2)n1C)c1ccc2ccccc2c1. The zero-order valence-corrected chi connectivity index (χ0v) is 19.2. The Bertz CT molecular complexity index is 1210. The highest BCUT2D eigenvalue weighted by Crippen LogP contribution is 2.24. The molecule has 1 aliphatic heterocycles. The summed E-state index contributed by atoms with van der Waals surface area (Å²) in [6.07, 6.45) is 1.27. The van der Waals surface area contributed by atoms with Crippen LogP contribution in [0.4, 0.5) is 0 Å². The summed E-state index contributed by atoms with van der Waals surface area (Å²) in [4.78, 5) is 12.5. The van der Waals surface area contributed by atoms with Crippen molar-refractivity contribution >= 4 is 38.3 Å². The molecule has 0 bridgehead atoms. The molecule has 1 aliphatic rings. The number of amides is 1. The first-order valence-electron chi connectivity index (χ1n) is 10.3. The van der Waals surface area contributed by atoms with Gasteiger partial charge in [0, 0.05) is 13.5 Å². The van der Waals surface area contributed by atoms with Crippen LogP contribution >= 0.6 is 11.8 Å². The van der Waals surface area contributed by atoms with Crippen LogP contribution in [0.2, 0.25) is 0 Å². The van der Waals surface area contributed by atoms with E-state index in [1.807, 2.05) is 36.7 Å². The predicted octanol–water partition coefficient (Wildman–Crippen LogP) is 2.92. The van der Waals surface area contributed by atoms with E-state index in [1.54, 1.807) is 0 Å². The largest absolute Gasteiger partial charge is 0.349 e. The zero-order valence-electron chi connectivity index (χ0n) is 17.6. The van der Waals surface area contributed by atoms with E-state index in [9.17, 15) is 13.2 Å². The van der Waals surface area contributed by atoms with Crippen molar-refractivity contribution in [3.05, 3.63) is 53.9 Å². The molecule has 1 amide bonds. The number of thioether (sulfide) groups is 1. The summed E-state index contributed by atoms with van der Waals surface area (Å²) in [5, 5.41) is 14.4. The number of hydrogen-bond acceptors (Lipinski definition) is 6. The molecule has 3 aromatic rings. The Morgan fingerprint density at radius 3 is 2.74 bits per heavy atom. The number of nitrogens with zero attached hydrogens (tertiary/aromatic N) is 3. The molecule has 0 radical (unpaired) electrons. The van der Waals surface area contributed by atoms with Gasteiger partial charge in [0.1, 0.15) is 5.82 Å². The van der Waals surface area contributed by atoms with Crippen LogP contribution in [0.1, 0.15) is 30.8 Å². The average molecular weight is 459 g/mol. The third-order valence-corrected chi connectivity index (χ3v) is 8.56. The molecule has 164 valence electrons. The minimum Gasteiger partial charge on any atom is -0.349 e. The molecule has 0 saturated carbocycles. The third kappa shape index (κ3) is 5.27. The fourth-order valence-corrected chi connectivity index (χ4v) is 6.52. The number of nitrogens with one attached hydrogen (secondary N) is 1. The van der Waals surface area contributed by atoms with E-state index < -0.39 is 9.84 Å². The summed E-state index contributed by atoms with van der Waals surface area (Å²) in [6, 6.07) is 14.3. The van der Waals surface area contributed by atoms with Gasteiger partial charge >= 0.3 is 0 Å². The lowest BCUT2D eigenvalue weighted by Gasteiger charge is -2.15. The van der Waals surface area contributed by atoms with E-state index in [0.29, 0.717) is 18.0 Å². The molecule has 0 aliphatic carbocycles. The third-order valence-electron chi connectivity index (χ3n) is 5.71. The van der Waals surface area contributed by atoms with Crippen molar-refractivity contribution in [1.82, 2.24) is 20.1 Å². The van der Waals surface area contributed by atoms with Gasteiger partial charge in [-0.25, -0.2) is 8.42 Å². The van der Waals surface area contributed by atoms with Gasteiger partial charge in [-0.1, -0.05) is 48.2 Å². The highest BCUT2D eigenvalue weighted by Gasteiger charge is 2.29. The maximum atomic E-state index is 12.5. The van der Waals surface area contributed by atoms with Gasteiger partial charge in [-0.15, -0.1) is 10.2 Å². The molecule has 31 heavy (non-hydrogen) atoms. The molecule has 0 unspecified atom stereocenters. The van der Waals surface area contributed by atoms with E-state index in [0.717, 1.165) is 16.8 Å². The quantitative estimate of drug-likeness (QED) is 0.547. The number of fused-ring (bicyclic) bond motifs is 1. The topological polar surface area (TPSA) is 94.0 Å². The zero-order chi connectivity index (χ0) is 22.0. The van der Waals surface area contributed by atoms with Crippen molar-refractivity contribution in [2.24, 2.45) is 13.0 Å². The first-order chi connectivity index (χ1) is 14.8. The van der Waals surface area contributed by atoms with Gasteiger partial charge in [0.05, 0.1) is 23.3 Å². The summed E-state index contributed by atoms with van der Waals surface area (Å²) < 4.78 is 25.2. The van der Waals surface area contributed by atoms with Gasteiger partial charge in [0.2, 0.25) is 5.91 Å². The van der Waals surface area contributed by atoms with Gasteiger partial charge in [0.25, 0.3) is 0 Å². The maximum absolute atomic E-state index is 12.5. The number of sulfone groups is 1. The molecule has 4 rings (SSSR count). The van der Waals surface area contributed by atoms with Crippen molar-refractivity contribution in [2.45, 2.75) is 31.0 Å². The van der Waals surface area contributed by atoms with E-state index in [4.69, 9.17) is 0 Å². The van der Waals surface area contributed by atoms with Crippen LogP contribution in [0, 0.1) is 5.92 Å². The molecule has 0 spiro atoms. The fraction of sp³-hybridized carbons (Fsp3) is 0.409. The van der Waals surface area contributed by atoms with Crippen LogP contribution in [-0.4, -0.2) is 46.3 Å². The Hall–Kier alpha value is -2.39. The first-order valence-corrected chi connectivity index (χ1v) is 13.1. The van der Waals surface area contributed by atoms with Crippen molar-refractivity contribution < 1.29 is 13.2 Å². The van der Waals surface area contributed by atoms with Crippen molar-refractivity contribution in [3.8, 4) is 0 Å². The second-order valence-corrected chi connectivity index (χ2v) is 11.3. The van der Waals surface area contributed by atoms with Crippen LogP contribution in [0.25, 0.3) is 10.8 Å². The van der Waals surface area contributed by atoms with Crippen LogP contribution in [0.15, 0.2) is 47.6 Å². The molecule has 1 fully saturated rings. The van der Waals surface area contributed by atoms with Gasteiger partial charge in [-0.2, -0.15) is 0 Å². The molecular formula is C22H26N4O3S2. The van der Waals surface area contributed by atoms with Gasteiger partial charge < -0.3 is 9.88 Å². The highest BCUT2D eigenvalue weighted by atomic mass is 32.2. The average Bonchev–Trinajstić information content (AvgIpc) is 3.27. The minimum atomic E-state index is -2.91. The molecule has 1 saturated heterocycles. The van der Waals surface area contributed by atoms with E-state index in [1.165, 1.54) is 17.1 Å². The summed E-state index contributed by atoms with van der Waals surface area (Å²) in [5.41, 5.74) is 1.06. The lowest BCUT2D eigenvalue weighted by Crippen LogP contribution is -2.28. The Morgan fingerprint density at radius 1 is 1.23 bits per heavy atom. The summed E-state index contributed by atoms with van der Waals surface area (Å²) in [7, 11) is -1.05. The van der Waals surface area contributed by atoms with Gasteiger partial charge in [-0.3, -0.25) is 4.79 Å². The lowest BCUT2D eigenvalue weighted by molar-refractivity contribution is -0.119. The molecule has 2 heterocycles. The summed E-state index contributed by atoms with van der Waals surface area (Å²) in [5.74, 6) is 1.50. The number of carbonyl (C=O) groups is 1.